The predicted octanol–water partition coefficient (Wildman–Crippen LogP) is 2.72. The summed E-state index contributed by atoms with van der Waals surface area (Å²) >= 11 is 0. The summed E-state index contributed by atoms with van der Waals surface area (Å²) in [6.07, 6.45) is 9.45. The first-order valence-corrected chi connectivity index (χ1v) is 9.04. The largest absolute Gasteiger partial charge is 0.354 e. The first-order chi connectivity index (χ1) is 13.2. The Morgan fingerprint density at radius 1 is 1.19 bits per heavy atom. The molecule has 138 valence electrons. The number of hydrogen-bond acceptors (Lipinski definition) is 4. The molecular formula is C20H20FN5O. The van der Waals surface area contributed by atoms with E-state index in [1.165, 1.54) is 17.8 Å². The number of benzene rings is 1. The highest BCUT2D eigenvalue weighted by atomic mass is 19.1. The van der Waals surface area contributed by atoms with Crippen LogP contribution in [0.1, 0.15) is 30.0 Å². The van der Waals surface area contributed by atoms with Gasteiger partial charge >= 0.3 is 0 Å². The zero-order valence-electron chi connectivity index (χ0n) is 14.8. The molecule has 1 aliphatic rings. The third-order valence-corrected chi connectivity index (χ3v) is 4.61. The van der Waals surface area contributed by atoms with Crippen molar-refractivity contribution in [3.05, 3.63) is 66.1 Å². The van der Waals surface area contributed by atoms with Crippen molar-refractivity contribution in [3.63, 3.8) is 0 Å². The van der Waals surface area contributed by atoms with Crippen LogP contribution in [0.3, 0.4) is 0 Å². The summed E-state index contributed by atoms with van der Waals surface area (Å²) in [4.78, 5) is 20.6. The van der Waals surface area contributed by atoms with Crippen molar-refractivity contribution in [2.75, 3.05) is 6.54 Å². The molecule has 1 fully saturated rings. The van der Waals surface area contributed by atoms with Gasteiger partial charge in [0.05, 0.1) is 36.7 Å². The van der Waals surface area contributed by atoms with Crippen LogP contribution in [-0.2, 0) is 17.8 Å². The molecule has 1 saturated carbocycles. The van der Waals surface area contributed by atoms with Crippen molar-refractivity contribution in [1.82, 2.24) is 25.1 Å². The average Bonchev–Trinajstić information content (AvgIpc) is 3.44. The minimum atomic E-state index is -0.302. The summed E-state index contributed by atoms with van der Waals surface area (Å²) in [5.74, 6) is 0.111. The normalized spacial score (nSPS) is 13.5. The van der Waals surface area contributed by atoms with Gasteiger partial charge in [-0.25, -0.2) is 4.39 Å². The topological polar surface area (TPSA) is 72.7 Å². The number of nitrogens with zero attached hydrogens (tertiary/aromatic N) is 4. The molecule has 0 spiro atoms. The van der Waals surface area contributed by atoms with Crippen molar-refractivity contribution in [1.29, 1.82) is 0 Å². The fourth-order valence-corrected chi connectivity index (χ4v) is 3.15. The average molecular weight is 365 g/mol. The van der Waals surface area contributed by atoms with E-state index in [9.17, 15) is 9.18 Å². The Labute approximate surface area is 156 Å². The lowest BCUT2D eigenvalue weighted by Crippen LogP contribution is -2.29. The minimum absolute atomic E-state index is 0.0871. The van der Waals surface area contributed by atoms with Gasteiger partial charge in [-0.2, -0.15) is 5.10 Å². The first kappa shape index (κ1) is 17.3. The van der Waals surface area contributed by atoms with Crippen LogP contribution in [0.4, 0.5) is 4.39 Å². The predicted molar refractivity (Wildman–Crippen MR) is 98.3 cm³/mol. The standard InChI is InChI=1S/C20H20FN5O/c21-16-5-1-14(2-6-16)11-19(27)24-9-10-26-20(15-3-4-15)17(12-25-26)18-13-22-7-8-23-18/h1-2,5-8,12-13,15H,3-4,9-11H2,(H,24,27). The molecule has 2 heterocycles. The van der Waals surface area contributed by atoms with E-state index in [0.717, 1.165) is 29.7 Å². The molecule has 0 atom stereocenters. The monoisotopic (exact) mass is 365 g/mol. The highest BCUT2D eigenvalue weighted by Gasteiger charge is 2.31. The van der Waals surface area contributed by atoms with E-state index in [0.29, 0.717) is 19.0 Å². The molecule has 0 saturated heterocycles. The summed E-state index contributed by atoms with van der Waals surface area (Å²) in [6.45, 7) is 1.09. The minimum Gasteiger partial charge on any atom is -0.354 e. The van der Waals surface area contributed by atoms with E-state index in [-0.39, 0.29) is 18.1 Å². The van der Waals surface area contributed by atoms with E-state index in [4.69, 9.17) is 0 Å². The second-order valence-electron chi connectivity index (χ2n) is 6.68. The van der Waals surface area contributed by atoms with Crippen LogP contribution in [0.25, 0.3) is 11.3 Å². The van der Waals surface area contributed by atoms with Crippen LogP contribution >= 0.6 is 0 Å². The fraction of sp³-hybridized carbons (Fsp3) is 0.300. The van der Waals surface area contributed by atoms with Crippen molar-refractivity contribution in [2.45, 2.75) is 31.7 Å². The maximum Gasteiger partial charge on any atom is 0.224 e. The van der Waals surface area contributed by atoms with Gasteiger partial charge in [0.2, 0.25) is 5.91 Å². The molecule has 3 aromatic rings. The summed E-state index contributed by atoms with van der Waals surface area (Å²) in [5.41, 5.74) is 3.80. The van der Waals surface area contributed by atoms with Gasteiger partial charge in [-0.1, -0.05) is 12.1 Å². The lowest BCUT2D eigenvalue weighted by molar-refractivity contribution is -0.120. The van der Waals surface area contributed by atoms with Gasteiger partial charge in [0.15, 0.2) is 0 Å². The molecule has 0 radical (unpaired) electrons. The highest BCUT2D eigenvalue weighted by Crippen LogP contribution is 2.43. The van der Waals surface area contributed by atoms with Crippen LogP contribution in [-0.4, -0.2) is 32.2 Å². The van der Waals surface area contributed by atoms with Gasteiger partial charge in [-0.15, -0.1) is 0 Å². The number of amides is 1. The Hall–Kier alpha value is -3.09. The molecule has 1 N–H and O–H groups in total. The number of rotatable bonds is 7. The molecule has 1 aromatic carbocycles. The van der Waals surface area contributed by atoms with E-state index in [2.05, 4.69) is 20.4 Å². The lowest BCUT2D eigenvalue weighted by Gasteiger charge is -2.10. The summed E-state index contributed by atoms with van der Waals surface area (Å²) in [7, 11) is 0. The first-order valence-electron chi connectivity index (χ1n) is 9.04. The number of halogens is 1. The van der Waals surface area contributed by atoms with Crippen LogP contribution in [0.15, 0.2) is 49.1 Å². The maximum atomic E-state index is 12.9. The van der Waals surface area contributed by atoms with Crippen LogP contribution in [0, 0.1) is 5.82 Å². The fourth-order valence-electron chi connectivity index (χ4n) is 3.15. The molecule has 7 heteroatoms. The van der Waals surface area contributed by atoms with Gasteiger partial charge in [0.25, 0.3) is 0 Å². The summed E-state index contributed by atoms with van der Waals surface area (Å²) in [5, 5.41) is 7.41. The molecule has 0 bridgehead atoms. The van der Waals surface area contributed by atoms with Crippen LogP contribution in [0.5, 0.6) is 0 Å². The van der Waals surface area contributed by atoms with Crippen molar-refractivity contribution >= 4 is 5.91 Å². The second-order valence-corrected chi connectivity index (χ2v) is 6.68. The van der Waals surface area contributed by atoms with E-state index < -0.39 is 0 Å². The smallest absolute Gasteiger partial charge is 0.224 e. The van der Waals surface area contributed by atoms with Crippen molar-refractivity contribution in [3.8, 4) is 11.3 Å². The second kappa shape index (κ2) is 7.65. The Bertz CT molecular complexity index is 919. The highest BCUT2D eigenvalue weighted by molar-refractivity contribution is 5.78. The Kier molecular flexibility index (Phi) is 4.91. The Morgan fingerprint density at radius 2 is 2.00 bits per heavy atom. The molecule has 2 aromatic heterocycles. The molecule has 27 heavy (non-hydrogen) atoms. The van der Waals surface area contributed by atoms with E-state index >= 15 is 0 Å². The number of nitrogens with one attached hydrogen (secondary N) is 1. The van der Waals surface area contributed by atoms with Gasteiger partial charge in [0, 0.05) is 30.4 Å². The van der Waals surface area contributed by atoms with E-state index in [1.807, 2.05) is 10.9 Å². The number of carbonyl (C=O) groups excluding carboxylic acids is 1. The van der Waals surface area contributed by atoms with Gasteiger partial charge in [-0.3, -0.25) is 19.4 Å². The third-order valence-electron chi connectivity index (χ3n) is 4.61. The summed E-state index contributed by atoms with van der Waals surface area (Å²) < 4.78 is 14.9. The number of aromatic nitrogens is 4. The lowest BCUT2D eigenvalue weighted by atomic mass is 10.1. The van der Waals surface area contributed by atoms with Crippen LogP contribution in [0.2, 0.25) is 0 Å². The summed E-state index contributed by atoms with van der Waals surface area (Å²) in [6, 6.07) is 5.98. The van der Waals surface area contributed by atoms with Gasteiger partial charge < -0.3 is 5.32 Å². The SMILES string of the molecule is O=C(Cc1ccc(F)cc1)NCCn1ncc(-c2cnccn2)c1C1CC1. The quantitative estimate of drug-likeness (QED) is 0.699. The Morgan fingerprint density at radius 3 is 2.70 bits per heavy atom. The maximum absolute atomic E-state index is 12.9. The number of hydrogen-bond donors (Lipinski definition) is 1. The molecule has 1 aliphatic carbocycles. The molecule has 0 unspecified atom stereocenters. The molecular weight excluding hydrogens is 345 g/mol. The van der Waals surface area contributed by atoms with Crippen molar-refractivity contribution in [2.24, 2.45) is 0 Å². The zero-order chi connectivity index (χ0) is 18.6. The molecule has 0 aliphatic heterocycles. The number of carbonyl (C=O) groups is 1. The van der Waals surface area contributed by atoms with Crippen LogP contribution < -0.4 is 5.32 Å². The molecule has 1 amide bonds. The zero-order valence-corrected chi connectivity index (χ0v) is 14.8. The van der Waals surface area contributed by atoms with Gasteiger partial charge in [-0.05, 0) is 30.5 Å². The Balaban J connectivity index is 1.38. The van der Waals surface area contributed by atoms with Crippen molar-refractivity contribution < 1.29 is 9.18 Å². The molecule has 6 nitrogen and oxygen atoms in total. The van der Waals surface area contributed by atoms with E-state index in [1.54, 1.807) is 30.7 Å². The van der Waals surface area contributed by atoms with Gasteiger partial charge in [0.1, 0.15) is 5.82 Å². The molecule has 4 rings (SSSR count). The third kappa shape index (κ3) is 4.19.